The van der Waals surface area contributed by atoms with Crippen LogP contribution in [0.15, 0.2) is 59.5 Å². The maximum atomic E-state index is 12.1. The van der Waals surface area contributed by atoms with Gasteiger partial charge in [0.2, 0.25) is 10.0 Å². The van der Waals surface area contributed by atoms with Crippen molar-refractivity contribution in [2.75, 3.05) is 26.9 Å². The number of methoxy groups -OCH3 is 1. The molecule has 26 heavy (non-hydrogen) atoms. The van der Waals surface area contributed by atoms with Crippen LogP contribution in [-0.2, 0) is 26.1 Å². The quantitative estimate of drug-likeness (QED) is 0.608. The first-order chi connectivity index (χ1) is 12.5. The number of benzene rings is 2. The second-order valence-corrected chi connectivity index (χ2v) is 7.18. The van der Waals surface area contributed by atoms with Gasteiger partial charge >= 0.3 is 0 Å². The molecule has 2 rings (SSSR count). The molecule has 2 N–H and O–H groups in total. The Hall–Kier alpha value is -2.42. The molecule has 2 aromatic carbocycles. The Bertz CT molecular complexity index is 792. The number of carbonyl (C=O) groups excluding carboxylic acids is 1. The molecule has 0 aromatic heterocycles. The van der Waals surface area contributed by atoms with Crippen LogP contribution in [0.25, 0.3) is 0 Å². The molecular formula is C18H22N2O5S. The second kappa shape index (κ2) is 9.91. The van der Waals surface area contributed by atoms with Gasteiger partial charge in [0.1, 0.15) is 5.75 Å². The second-order valence-electron chi connectivity index (χ2n) is 5.41. The van der Waals surface area contributed by atoms with Gasteiger partial charge in [-0.25, -0.2) is 13.1 Å². The van der Waals surface area contributed by atoms with E-state index >= 15 is 0 Å². The Labute approximate surface area is 153 Å². The molecule has 2 aromatic rings. The zero-order valence-corrected chi connectivity index (χ0v) is 15.3. The molecule has 8 heteroatoms. The smallest absolute Gasteiger partial charge is 0.258 e. The summed E-state index contributed by atoms with van der Waals surface area (Å²) in [5.74, 6) is 0.366. The molecule has 0 saturated heterocycles. The predicted molar refractivity (Wildman–Crippen MR) is 97.3 cm³/mol. The first-order valence-electron chi connectivity index (χ1n) is 8.03. The maximum absolute atomic E-state index is 12.1. The van der Waals surface area contributed by atoms with Crippen LogP contribution in [0.2, 0.25) is 0 Å². The first-order valence-corrected chi connectivity index (χ1v) is 9.51. The van der Waals surface area contributed by atoms with Crippen LogP contribution in [0.3, 0.4) is 0 Å². The third-order valence-electron chi connectivity index (χ3n) is 3.43. The van der Waals surface area contributed by atoms with E-state index in [4.69, 9.17) is 9.47 Å². The van der Waals surface area contributed by atoms with Gasteiger partial charge < -0.3 is 14.8 Å². The van der Waals surface area contributed by atoms with Gasteiger partial charge in [-0.1, -0.05) is 30.3 Å². The highest BCUT2D eigenvalue weighted by Gasteiger charge is 2.13. The fourth-order valence-electron chi connectivity index (χ4n) is 2.07. The number of para-hydroxylation sites is 1. The molecular weight excluding hydrogens is 356 g/mol. The summed E-state index contributed by atoms with van der Waals surface area (Å²) in [5, 5.41) is 2.72. The molecule has 0 spiro atoms. The predicted octanol–water partition coefficient (Wildman–Crippen LogP) is 1.31. The summed E-state index contributed by atoms with van der Waals surface area (Å²) in [6.07, 6.45) is 0. The van der Waals surface area contributed by atoms with Gasteiger partial charge in [0.15, 0.2) is 6.61 Å². The zero-order chi connectivity index (χ0) is 18.8. The summed E-state index contributed by atoms with van der Waals surface area (Å²) in [5.41, 5.74) is 0.786. The van der Waals surface area contributed by atoms with Crippen LogP contribution in [0.5, 0.6) is 5.75 Å². The lowest BCUT2D eigenvalue weighted by atomic mass is 10.2. The van der Waals surface area contributed by atoms with Crippen LogP contribution in [-0.4, -0.2) is 41.2 Å². The van der Waals surface area contributed by atoms with Crippen molar-refractivity contribution in [2.24, 2.45) is 0 Å². The third-order valence-corrected chi connectivity index (χ3v) is 4.91. The van der Waals surface area contributed by atoms with E-state index in [0.717, 1.165) is 5.56 Å². The van der Waals surface area contributed by atoms with E-state index in [2.05, 4.69) is 10.0 Å². The number of nitrogens with one attached hydrogen (secondary N) is 2. The van der Waals surface area contributed by atoms with Crippen molar-refractivity contribution in [1.82, 2.24) is 10.0 Å². The molecule has 0 heterocycles. The molecule has 0 unspecified atom stereocenters. The molecule has 0 atom stereocenters. The molecule has 0 aliphatic carbocycles. The number of sulfonamides is 1. The summed E-state index contributed by atoms with van der Waals surface area (Å²) in [7, 11) is -2.05. The van der Waals surface area contributed by atoms with Crippen molar-refractivity contribution in [3.05, 3.63) is 60.2 Å². The molecule has 0 bridgehead atoms. The van der Waals surface area contributed by atoms with Crippen LogP contribution in [0.1, 0.15) is 5.56 Å². The van der Waals surface area contributed by atoms with Gasteiger partial charge in [-0.15, -0.1) is 0 Å². The van der Waals surface area contributed by atoms with E-state index in [0.29, 0.717) is 12.4 Å². The summed E-state index contributed by atoms with van der Waals surface area (Å²) in [6, 6.07) is 15.4. The van der Waals surface area contributed by atoms with Crippen molar-refractivity contribution in [3.63, 3.8) is 0 Å². The fourth-order valence-corrected chi connectivity index (χ4v) is 3.08. The van der Waals surface area contributed by atoms with E-state index in [1.807, 2.05) is 18.2 Å². The Kier molecular flexibility index (Phi) is 7.58. The summed E-state index contributed by atoms with van der Waals surface area (Å²) >= 11 is 0. The van der Waals surface area contributed by atoms with E-state index in [1.165, 1.54) is 19.2 Å². The Morgan fingerprint density at radius 2 is 1.73 bits per heavy atom. The Morgan fingerprint density at radius 3 is 2.38 bits per heavy atom. The zero-order valence-electron chi connectivity index (χ0n) is 14.5. The van der Waals surface area contributed by atoms with Gasteiger partial charge in [-0.3, -0.25) is 4.79 Å². The monoisotopic (exact) mass is 378 g/mol. The van der Waals surface area contributed by atoms with Crippen LogP contribution < -0.4 is 14.8 Å². The van der Waals surface area contributed by atoms with Gasteiger partial charge in [0.25, 0.3) is 5.91 Å². The van der Waals surface area contributed by atoms with E-state index in [-0.39, 0.29) is 30.5 Å². The van der Waals surface area contributed by atoms with Gasteiger partial charge in [0.05, 0.1) is 11.5 Å². The largest absolute Gasteiger partial charge is 0.484 e. The minimum absolute atomic E-state index is 0.0834. The number of amides is 1. The van der Waals surface area contributed by atoms with Gasteiger partial charge in [0, 0.05) is 20.2 Å². The number of ether oxygens (including phenoxy) is 2. The molecule has 0 radical (unpaired) electrons. The van der Waals surface area contributed by atoms with E-state index in [1.54, 1.807) is 24.3 Å². The number of hydrogen-bond donors (Lipinski definition) is 2. The topological polar surface area (TPSA) is 93.7 Å². The van der Waals surface area contributed by atoms with Crippen molar-refractivity contribution in [3.8, 4) is 5.75 Å². The Balaban J connectivity index is 1.80. The highest BCUT2D eigenvalue weighted by molar-refractivity contribution is 7.89. The van der Waals surface area contributed by atoms with Crippen molar-refractivity contribution in [2.45, 2.75) is 11.4 Å². The van der Waals surface area contributed by atoms with Gasteiger partial charge in [-0.2, -0.15) is 0 Å². The molecule has 0 aliphatic heterocycles. The average Bonchev–Trinajstić information content (AvgIpc) is 2.66. The minimum Gasteiger partial charge on any atom is -0.484 e. The Morgan fingerprint density at radius 1 is 1.04 bits per heavy atom. The number of rotatable bonds is 10. The highest BCUT2D eigenvalue weighted by Crippen LogP contribution is 2.11. The summed E-state index contributed by atoms with van der Waals surface area (Å²) < 4.78 is 36.7. The standard InChI is InChI=1S/C18H22N2O5S/c1-24-12-11-20-26(22,23)17-9-7-15(8-10-17)13-19-18(21)14-25-16-5-3-2-4-6-16/h2-10,20H,11-14H2,1H3,(H,19,21). The molecule has 0 aliphatic rings. The lowest BCUT2D eigenvalue weighted by molar-refractivity contribution is -0.123. The normalized spacial score (nSPS) is 11.1. The lowest BCUT2D eigenvalue weighted by Crippen LogP contribution is -2.28. The molecule has 7 nitrogen and oxygen atoms in total. The van der Waals surface area contributed by atoms with E-state index < -0.39 is 10.0 Å². The minimum atomic E-state index is -3.56. The third kappa shape index (κ3) is 6.47. The maximum Gasteiger partial charge on any atom is 0.258 e. The van der Waals surface area contributed by atoms with Crippen LogP contribution >= 0.6 is 0 Å². The van der Waals surface area contributed by atoms with Crippen molar-refractivity contribution in [1.29, 1.82) is 0 Å². The van der Waals surface area contributed by atoms with Crippen LogP contribution in [0.4, 0.5) is 0 Å². The molecule has 140 valence electrons. The van der Waals surface area contributed by atoms with E-state index in [9.17, 15) is 13.2 Å². The molecule has 0 fully saturated rings. The molecule has 0 saturated carbocycles. The summed E-state index contributed by atoms with van der Waals surface area (Å²) in [6.45, 7) is 0.709. The fraction of sp³-hybridized carbons (Fsp3) is 0.278. The number of hydrogen-bond acceptors (Lipinski definition) is 5. The van der Waals surface area contributed by atoms with Gasteiger partial charge in [-0.05, 0) is 29.8 Å². The van der Waals surface area contributed by atoms with Crippen molar-refractivity contribution < 1.29 is 22.7 Å². The SMILES string of the molecule is COCCNS(=O)(=O)c1ccc(CNC(=O)COc2ccccc2)cc1. The molecule has 1 amide bonds. The average molecular weight is 378 g/mol. The first kappa shape index (κ1) is 19.9. The van der Waals surface area contributed by atoms with Crippen molar-refractivity contribution >= 4 is 15.9 Å². The van der Waals surface area contributed by atoms with Crippen LogP contribution in [0, 0.1) is 0 Å². The summed E-state index contributed by atoms with van der Waals surface area (Å²) in [4.78, 5) is 12.0. The number of carbonyl (C=O) groups is 1. The highest BCUT2D eigenvalue weighted by atomic mass is 32.2. The lowest BCUT2D eigenvalue weighted by Gasteiger charge is -2.09.